The van der Waals surface area contributed by atoms with Crippen LogP contribution in [0.4, 0.5) is 0 Å². The van der Waals surface area contributed by atoms with Gasteiger partial charge >= 0.3 is 0 Å². The molecule has 0 aliphatic carbocycles. The Balaban J connectivity index is 1.39. The quantitative estimate of drug-likeness (QED) is 0.783. The standard InChI is InChI=1S/C21H27N5O2/c1-3-25-12-16(14(2)24-25)11-22-17-10-19-20(27)23-18(21(28)26(19)13-17)9-15-7-5-4-6-8-15/h4-8,12,17-19,22H,3,9-11,13H2,1-2H3,(H,23,27)/t17-,18+,19-/m0/s1. The molecular weight excluding hydrogens is 354 g/mol. The van der Waals surface area contributed by atoms with Gasteiger partial charge < -0.3 is 15.5 Å². The number of hydrogen-bond donors (Lipinski definition) is 2. The van der Waals surface area contributed by atoms with Gasteiger partial charge in [-0.3, -0.25) is 14.3 Å². The molecule has 2 saturated heterocycles. The fourth-order valence-corrected chi connectivity index (χ4v) is 4.14. The van der Waals surface area contributed by atoms with Crippen molar-refractivity contribution in [2.45, 2.75) is 57.9 Å². The lowest BCUT2D eigenvalue weighted by molar-refractivity contribution is -0.147. The smallest absolute Gasteiger partial charge is 0.246 e. The van der Waals surface area contributed by atoms with Crippen LogP contribution in [-0.4, -0.2) is 51.2 Å². The first-order valence-electron chi connectivity index (χ1n) is 9.96. The van der Waals surface area contributed by atoms with Gasteiger partial charge in [0.15, 0.2) is 0 Å². The number of rotatable bonds is 6. The number of benzene rings is 1. The molecule has 2 amide bonds. The number of nitrogens with one attached hydrogen (secondary N) is 2. The van der Waals surface area contributed by atoms with Crippen LogP contribution in [0.25, 0.3) is 0 Å². The van der Waals surface area contributed by atoms with Crippen molar-refractivity contribution in [2.24, 2.45) is 0 Å². The van der Waals surface area contributed by atoms with E-state index in [1.165, 1.54) is 0 Å². The van der Waals surface area contributed by atoms with Crippen LogP contribution in [0.2, 0.25) is 0 Å². The number of nitrogens with zero attached hydrogens (tertiary/aromatic N) is 3. The normalized spacial score (nSPS) is 24.4. The van der Waals surface area contributed by atoms with Crippen LogP contribution in [0.3, 0.4) is 0 Å². The number of aryl methyl sites for hydroxylation is 2. The minimum Gasteiger partial charge on any atom is -0.342 e. The predicted octanol–water partition coefficient (Wildman–Crippen LogP) is 1.01. The molecule has 2 aliphatic rings. The lowest BCUT2D eigenvalue weighted by Gasteiger charge is -2.34. The predicted molar refractivity (Wildman–Crippen MR) is 105 cm³/mol. The molecule has 7 heteroatoms. The number of amides is 2. The molecule has 2 fully saturated rings. The summed E-state index contributed by atoms with van der Waals surface area (Å²) in [6.07, 6.45) is 3.23. The molecule has 0 bridgehead atoms. The van der Waals surface area contributed by atoms with Gasteiger partial charge in [0.25, 0.3) is 0 Å². The van der Waals surface area contributed by atoms with E-state index in [0.717, 1.165) is 23.4 Å². The maximum Gasteiger partial charge on any atom is 0.246 e. The van der Waals surface area contributed by atoms with Gasteiger partial charge in [-0.05, 0) is 25.8 Å². The highest BCUT2D eigenvalue weighted by atomic mass is 16.2. The Morgan fingerprint density at radius 1 is 1.25 bits per heavy atom. The SMILES string of the molecule is CCn1cc(CN[C@H]2C[C@H]3C(=O)N[C@H](Cc4ccccc4)C(=O)N3C2)c(C)n1. The number of piperazine rings is 1. The third kappa shape index (κ3) is 3.67. The number of hydrogen-bond acceptors (Lipinski definition) is 4. The maximum atomic E-state index is 12.9. The Morgan fingerprint density at radius 3 is 2.75 bits per heavy atom. The molecule has 2 N–H and O–H groups in total. The van der Waals surface area contributed by atoms with Crippen molar-refractivity contribution in [3.63, 3.8) is 0 Å². The molecule has 148 valence electrons. The van der Waals surface area contributed by atoms with Crippen LogP contribution >= 0.6 is 0 Å². The average Bonchev–Trinajstić information content (AvgIpc) is 3.29. The van der Waals surface area contributed by atoms with Crippen molar-refractivity contribution < 1.29 is 9.59 Å². The van der Waals surface area contributed by atoms with E-state index in [1.807, 2.05) is 41.9 Å². The van der Waals surface area contributed by atoms with E-state index < -0.39 is 6.04 Å². The van der Waals surface area contributed by atoms with Crippen molar-refractivity contribution in [3.05, 3.63) is 53.3 Å². The maximum absolute atomic E-state index is 12.9. The van der Waals surface area contributed by atoms with Gasteiger partial charge in [-0.2, -0.15) is 5.10 Å². The van der Waals surface area contributed by atoms with Crippen LogP contribution in [-0.2, 0) is 29.1 Å². The third-order valence-electron chi connectivity index (χ3n) is 5.74. The second-order valence-electron chi connectivity index (χ2n) is 7.67. The van der Waals surface area contributed by atoms with Gasteiger partial charge in [0, 0.05) is 43.9 Å². The highest BCUT2D eigenvalue weighted by Crippen LogP contribution is 2.24. The van der Waals surface area contributed by atoms with Crippen LogP contribution in [0, 0.1) is 6.92 Å². The molecule has 7 nitrogen and oxygen atoms in total. The molecule has 28 heavy (non-hydrogen) atoms. The second-order valence-corrected chi connectivity index (χ2v) is 7.67. The van der Waals surface area contributed by atoms with Crippen LogP contribution in [0.15, 0.2) is 36.5 Å². The summed E-state index contributed by atoms with van der Waals surface area (Å²) in [6, 6.07) is 9.09. The second kappa shape index (κ2) is 7.75. The molecule has 2 aliphatic heterocycles. The number of carbonyl (C=O) groups is 2. The molecule has 3 atom stereocenters. The largest absolute Gasteiger partial charge is 0.342 e. The molecular formula is C21H27N5O2. The van der Waals surface area contributed by atoms with E-state index in [1.54, 1.807) is 4.90 Å². The first-order chi connectivity index (χ1) is 13.5. The van der Waals surface area contributed by atoms with Gasteiger partial charge in [0.05, 0.1) is 5.69 Å². The number of aromatic nitrogens is 2. The summed E-state index contributed by atoms with van der Waals surface area (Å²) in [6.45, 7) is 6.18. The van der Waals surface area contributed by atoms with Crippen molar-refractivity contribution in [2.75, 3.05) is 6.54 Å². The Bertz CT molecular complexity index is 863. The highest BCUT2D eigenvalue weighted by Gasteiger charge is 2.46. The van der Waals surface area contributed by atoms with E-state index in [0.29, 0.717) is 25.9 Å². The Labute approximate surface area is 165 Å². The summed E-state index contributed by atoms with van der Waals surface area (Å²) in [5, 5.41) is 10.9. The molecule has 0 radical (unpaired) electrons. The van der Waals surface area contributed by atoms with Gasteiger partial charge in [-0.15, -0.1) is 0 Å². The fourth-order valence-electron chi connectivity index (χ4n) is 4.14. The van der Waals surface area contributed by atoms with Crippen molar-refractivity contribution in [3.8, 4) is 0 Å². The summed E-state index contributed by atoms with van der Waals surface area (Å²) in [5.74, 6) is -0.0208. The van der Waals surface area contributed by atoms with Gasteiger partial charge in [-0.1, -0.05) is 30.3 Å². The lowest BCUT2D eigenvalue weighted by Crippen LogP contribution is -2.61. The Hall–Kier alpha value is -2.67. The zero-order chi connectivity index (χ0) is 19.7. The first-order valence-corrected chi connectivity index (χ1v) is 9.96. The monoisotopic (exact) mass is 381 g/mol. The lowest BCUT2D eigenvalue weighted by atomic mass is 10.0. The molecule has 2 aromatic rings. The summed E-state index contributed by atoms with van der Waals surface area (Å²) in [5.41, 5.74) is 3.23. The van der Waals surface area contributed by atoms with E-state index in [4.69, 9.17) is 0 Å². The topological polar surface area (TPSA) is 79.3 Å². The molecule has 0 unspecified atom stereocenters. The van der Waals surface area contributed by atoms with Crippen molar-refractivity contribution >= 4 is 11.8 Å². The van der Waals surface area contributed by atoms with Crippen molar-refractivity contribution in [1.82, 2.24) is 25.3 Å². The summed E-state index contributed by atoms with van der Waals surface area (Å²) in [4.78, 5) is 27.3. The first kappa shape index (κ1) is 18.7. The van der Waals surface area contributed by atoms with E-state index in [2.05, 4.69) is 28.9 Å². The van der Waals surface area contributed by atoms with Gasteiger partial charge in [0.2, 0.25) is 11.8 Å². The third-order valence-corrected chi connectivity index (χ3v) is 5.74. The molecule has 3 heterocycles. The molecule has 1 aromatic carbocycles. The minimum atomic E-state index is -0.477. The van der Waals surface area contributed by atoms with Gasteiger partial charge in [-0.25, -0.2) is 0 Å². The molecule has 0 saturated carbocycles. The van der Waals surface area contributed by atoms with Crippen LogP contribution in [0.1, 0.15) is 30.2 Å². The van der Waals surface area contributed by atoms with Gasteiger partial charge in [0.1, 0.15) is 12.1 Å². The summed E-state index contributed by atoms with van der Waals surface area (Å²) in [7, 11) is 0. The highest BCUT2D eigenvalue weighted by molar-refractivity contribution is 5.97. The minimum absolute atomic E-state index is 0.0211. The van der Waals surface area contributed by atoms with E-state index >= 15 is 0 Å². The molecule has 1 aromatic heterocycles. The zero-order valence-electron chi connectivity index (χ0n) is 16.4. The summed E-state index contributed by atoms with van der Waals surface area (Å²) < 4.78 is 1.93. The Morgan fingerprint density at radius 2 is 2.04 bits per heavy atom. The molecule has 4 rings (SSSR count). The zero-order valence-corrected chi connectivity index (χ0v) is 16.4. The average molecular weight is 381 g/mol. The van der Waals surface area contributed by atoms with E-state index in [9.17, 15) is 9.59 Å². The Kier molecular flexibility index (Phi) is 5.17. The number of carbonyl (C=O) groups excluding carboxylic acids is 2. The van der Waals surface area contributed by atoms with Crippen molar-refractivity contribution in [1.29, 1.82) is 0 Å². The fraction of sp³-hybridized carbons (Fsp3) is 0.476. The number of fused-ring (bicyclic) bond motifs is 1. The summed E-state index contributed by atoms with van der Waals surface area (Å²) >= 11 is 0. The molecule has 0 spiro atoms. The van der Waals surface area contributed by atoms with Crippen LogP contribution < -0.4 is 10.6 Å². The van der Waals surface area contributed by atoms with Crippen LogP contribution in [0.5, 0.6) is 0 Å². The van der Waals surface area contributed by atoms with E-state index in [-0.39, 0.29) is 23.9 Å².